The van der Waals surface area contributed by atoms with Gasteiger partial charge < -0.3 is 19.8 Å². The molecule has 3 aromatic rings. The van der Waals surface area contributed by atoms with Gasteiger partial charge in [-0.15, -0.1) is 0 Å². The number of carbonyl (C=O) groups is 2. The topological polar surface area (TPSA) is 153 Å². The van der Waals surface area contributed by atoms with Gasteiger partial charge in [-0.25, -0.2) is 28.2 Å². The van der Waals surface area contributed by atoms with E-state index >= 15 is 0 Å². The van der Waals surface area contributed by atoms with Gasteiger partial charge in [-0.3, -0.25) is 4.79 Å². The third kappa shape index (κ3) is 6.57. The summed E-state index contributed by atoms with van der Waals surface area (Å²) in [5.74, 6) is -2.18. The maximum Gasteiger partial charge on any atom is 0.434 e. The first-order valence-electron chi connectivity index (χ1n) is 11.4. The smallest absolute Gasteiger partial charge is 0.434 e. The van der Waals surface area contributed by atoms with Crippen molar-refractivity contribution in [2.24, 2.45) is 5.92 Å². The lowest BCUT2D eigenvalue weighted by Gasteiger charge is -2.21. The molecule has 0 amide bonds. The molecule has 0 radical (unpaired) electrons. The van der Waals surface area contributed by atoms with Crippen molar-refractivity contribution in [3.05, 3.63) is 41.0 Å². The molecule has 1 aromatic carbocycles. The van der Waals surface area contributed by atoms with E-state index in [1.807, 2.05) is 0 Å². The number of aromatic amines is 1. The number of hydrogen-bond acceptors (Lipinski definition) is 10. The fourth-order valence-corrected chi connectivity index (χ4v) is 4.52. The van der Waals surface area contributed by atoms with E-state index < -0.39 is 51.2 Å². The molecule has 3 rings (SSSR count). The van der Waals surface area contributed by atoms with Crippen LogP contribution < -0.4 is 5.32 Å². The van der Waals surface area contributed by atoms with Gasteiger partial charge in [-0.05, 0) is 25.0 Å². The summed E-state index contributed by atoms with van der Waals surface area (Å²) in [4.78, 5) is 38.0. The van der Waals surface area contributed by atoms with Crippen LogP contribution in [0.15, 0.2) is 23.2 Å². The monoisotopic (exact) mass is 557 g/mol. The lowest BCUT2D eigenvalue weighted by atomic mass is 10.0. The van der Waals surface area contributed by atoms with E-state index in [-0.39, 0.29) is 40.9 Å². The number of benzene rings is 1. The van der Waals surface area contributed by atoms with Crippen LogP contribution in [0.4, 0.5) is 19.1 Å². The van der Waals surface area contributed by atoms with Crippen LogP contribution in [0.3, 0.4) is 0 Å². The molecule has 2 aromatic heterocycles. The Morgan fingerprint density at radius 2 is 1.84 bits per heavy atom. The van der Waals surface area contributed by atoms with Crippen molar-refractivity contribution >= 4 is 38.8 Å². The quantitative estimate of drug-likeness (QED) is 0.371. The molecular weight excluding hydrogens is 531 g/mol. The van der Waals surface area contributed by atoms with Gasteiger partial charge in [0.25, 0.3) is 0 Å². The molecule has 0 fully saturated rings. The Hall–Kier alpha value is -3.75. The van der Waals surface area contributed by atoms with E-state index in [0.29, 0.717) is 5.52 Å². The predicted molar refractivity (Wildman–Crippen MR) is 129 cm³/mol. The number of nitrogens with zero attached hydrogens (tertiary/aromatic N) is 3. The van der Waals surface area contributed by atoms with Gasteiger partial charge in [-0.1, -0.05) is 13.8 Å². The Kier molecular flexibility index (Phi) is 8.29. The van der Waals surface area contributed by atoms with E-state index in [9.17, 15) is 31.2 Å². The first-order valence-corrected chi connectivity index (χ1v) is 13.2. The molecule has 0 unspecified atom stereocenters. The maximum atomic E-state index is 13.6. The van der Waals surface area contributed by atoms with Gasteiger partial charge in [0.05, 0.1) is 28.6 Å². The Morgan fingerprint density at radius 3 is 2.39 bits per heavy atom. The lowest BCUT2D eigenvalue weighted by molar-refractivity contribution is -0.142. The summed E-state index contributed by atoms with van der Waals surface area (Å²) in [7, 11) is -3.71. The number of halogens is 3. The minimum atomic E-state index is -4.95. The molecule has 0 aliphatic carbocycles. The van der Waals surface area contributed by atoms with Crippen LogP contribution in [0.1, 0.15) is 61.2 Å². The number of aromatic nitrogens is 4. The number of esters is 2. The van der Waals surface area contributed by atoms with Gasteiger partial charge in [0.15, 0.2) is 15.5 Å². The van der Waals surface area contributed by atoms with Gasteiger partial charge in [0, 0.05) is 24.9 Å². The molecule has 2 N–H and O–H groups in total. The average Bonchev–Trinajstić information content (AvgIpc) is 3.21. The Morgan fingerprint density at radius 1 is 1.16 bits per heavy atom. The largest absolute Gasteiger partial charge is 0.462 e. The van der Waals surface area contributed by atoms with Crippen molar-refractivity contribution in [1.82, 2.24) is 19.9 Å². The van der Waals surface area contributed by atoms with Crippen molar-refractivity contribution in [3.63, 3.8) is 0 Å². The van der Waals surface area contributed by atoms with Crippen molar-refractivity contribution in [2.45, 2.75) is 51.4 Å². The average molecular weight is 558 g/mol. The molecule has 2 heterocycles. The number of alkyl halides is 3. The summed E-state index contributed by atoms with van der Waals surface area (Å²) < 4.78 is 75.2. The van der Waals surface area contributed by atoms with Gasteiger partial charge in [0.1, 0.15) is 18.0 Å². The van der Waals surface area contributed by atoms with E-state index in [2.05, 4.69) is 30.0 Å². The number of imidazole rings is 1. The number of anilines is 1. The number of rotatable bonds is 9. The molecule has 38 heavy (non-hydrogen) atoms. The van der Waals surface area contributed by atoms with Crippen molar-refractivity contribution in [3.8, 4) is 0 Å². The fraction of sp³-hybridized carbons (Fsp3) is 0.435. The number of sulfone groups is 1. The fourth-order valence-electron chi connectivity index (χ4n) is 3.60. The zero-order valence-electron chi connectivity index (χ0n) is 21.1. The first-order chi connectivity index (χ1) is 17.6. The molecule has 0 bridgehead atoms. The minimum absolute atomic E-state index is 0.0777. The molecule has 0 aliphatic heterocycles. The highest BCUT2D eigenvalue weighted by atomic mass is 32.2. The summed E-state index contributed by atoms with van der Waals surface area (Å²) in [6, 6.07) is 2.07. The van der Waals surface area contributed by atoms with Crippen molar-refractivity contribution in [1.29, 1.82) is 0 Å². The zero-order valence-corrected chi connectivity index (χ0v) is 22.0. The standard InChI is InChI=1S/C23H26F3N5O6S/c1-6-36-21(33)14-9-27-22(31-19(14)23(24,25)26)30-18(11(2)3)20-28-15-7-13(10-37-12(4)32)17(38(5,34)35)8-16(15)29-20/h7-9,11,18H,6,10H2,1-5H3,(H,28,29)(H,27,30,31)/t18-/m1/s1. The molecule has 0 spiro atoms. The molecule has 206 valence electrons. The Balaban J connectivity index is 2.04. The molecule has 1 atom stereocenters. The normalized spacial score (nSPS) is 13.0. The summed E-state index contributed by atoms with van der Waals surface area (Å²) >= 11 is 0. The zero-order chi connectivity index (χ0) is 28.4. The molecule has 15 heteroatoms. The molecule has 11 nitrogen and oxygen atoms in total. The second-order valence-electron chi connectivity index (χ2n) is 8.69. The number of nitrogens with one attached hydrogen (secondary N) is 2. The van der Waals surface area contributed by atoms with Gasteiger partial charge >= 0.3 is 18.1 Å². The summed E-state index contributed by atoms with van der Waals surface area (Å²) in [5.41, 5.74) is -1.35. The van der Waals surface area contributed by atoms with E-state index in [1.165, 1.54) is 26.0 Å². The van der Waals surface area contributed by atoms with Crippen LogP contribution in [-0.4, -0.2) is 53.2 Å². The SMILES string of the molecule is CCOC(=O)c1cnc(N[C@@H](c2nc3cc(S(C)(=O)=O)c(COC(C)=O)cc3[nH]2)C(C)C)nc1C(F)(F)F. The van der Waals surface area contributed by atoms with Crippen LogP contribution >= 0.6 is 0 Å². The van der Waals surface area contributed by atoms with Crippen LogP contribution in [0.2, 0.25) is 0 Å². The molecule has 0 saturated carbocycles. The third-order valence-corrected chi connectivity index (χ3v) is 6.49. The lowest BCUT2D eigenvalue weighted by Crippen LogP contribution is -2.23. The number of carbonyl (C=O) groups excluding carboxylic acids is 2. The highest BCUT2D eigenvalue weighted by Gasteiger charge is 2.39. The second-order valence-corrected chi connectivity index (χ2v) is 10.7. The number of fused-ring (bicyclic) bond motifs is 1. The molecule has 0 aliphatic rings. The summed E-state index contributed by atoms with van der Waals surface area (Å²) in [6.45, 7) is 5.79. The highest BCUT2D eigenvalue weighted by molar-refractivity contribution is 7.90. The van der Waals surface area contributed by atoms with Crippen molar-refractivity contribution in [2.75, 3.05) is 18.2 Å². The van der Waals surface area contributed by atoms with E-state index in [4.69, 9.17) is 4.74 Å². The Labute approximate surface area is 216 Å². The third-order valence-electron chi connectivity index (χ3n) is 5.31. The van der Waals surface area contributed by atoms with Gasteiger partial charge in [0.2, 0.25) is 5.95 Å². The molecular formula is C23H26F3N5O6S. The molecule has 0 saturated heterocycles. The van der Waals surface area contributed by atoms with Crippen LogP contribution in [0.25, 0.3) is 11.0 Å². The minimum Gasteiger partial charge on any atom is -0.462 e. The van der Waals surface area contributed by atoms with Crippen molar-refractivity contribution < 1.29 is 40.7 Å². The first kappa shape index (κ1) is 28.8. The Bertz CT molecular complexity index is 1470. The summed E-state index contributed by atoms with van der Waals surface area (Å²) in [5, 5.41) is 2.81. The summed E-state index contributed by atoms with van der Waals surface area (Å²) in [6.07, 6.45) is -3.20. The maximum absolute atomic E-state index is 13.6. The number of hydrogen-bond donors (Lipinski definition) is 2. The van der Waals surface area contributed by atoms with E-state index in [1.54, 1.807) is 13.8 Å². The highest BCUT2D eigenvalue weighted by Crippen LogP contribution is 2.33. The second kappa shape index (κ2) is 10.9. The van der Waals surface area contributed by atoms with Crippen LogP contribution in [-0.2, 0) is 36.9 Å². The van der Waals surface area contributed by atoms with E-state index in [0.717, 1.165) is 12.5 Å². The van der Waals surface area contributed by atoms with Gasteiger partial charge in [-0.2, -0.15) is 13.2 Å². The van der Waals surface area contributed by atoms with Crippen LogP contribution in [0.5, 0.6) is 0 Å². The number of ether oxygens (including phenoxy) is 2. The van der Waals surface area contributed by atoms with Crippen LogP contribution in [0, 0.1) is 5.92 Å². The predicted octanol–water partition coefficient (Wildman–Crippen LogP) is 3.82. The number of H-pyrrole nitrogens is 1.